The molecule has 2 aromatic rings. The highest BCUT2D eigenvalue weighted by atomic mass is 35.5. The Morgan fingerprint density at radius 3 is 2.75 bits per heavy atom. The first-order chi connectivity index (χ1) is 5.27. The molecule has 3 heteroatoms. The molecule has 0 aliphatic heterocycles. The van der Waals surface area contributed by atoms with Crippen LogP contribution in [0, 0.1) is 6.92 Å². The minimum absolute atomic E-state index is 0. The standard InChI is InChI=1S/C9H9NS.ClH/c1-6-3-2-4-8-7(6)5-9(10)11-8;/h2-5H,10H2,1H3;1H. The second-order valence-electron chi connectivity index (χ2n) is 2.64. The molecule has 0 saturated carbocycles. The van der Waals surface area contributed by atoms with E-state index in [-0.39, 0.29) is 12.4 Å². The molecule has 0 bridgehead atoms. The Morgan fingerprint density at radius 1 is 1.33 bits per heavy atom. The highest BCUT2D eigenvalue weighted by Crippen LogP contribution is 2.29. The molecule has 0 aliphatic carbocycles. The lowest BCUT2D eigenvalue weighted by Gasteiger charge is -1.91. The first kappa shape index (κ1) is 9.36. The largest absolute Gasteiger partial charge is 0.391 e. The van der Waals surface area contributed by atoms with Gasteiger partial charge < -0.3 is 5.73 Å². The fourth-order valence-electron chi connectivity index (χ4n) is 1.23. The molecule has 1 heterocycles. The van der Waals surface area contributed by atoms with Crippen molar-refractivity contribution in [1.82, 2.24) is 0 Å². The lowest BCUT2D eigenvalue weighted by atomic mass is 10.1. The van der Waals surface area contributed by atoms with Crippen molar-refractivity contribution < 1.29 is 0 Å². The first-order valence-corrected chi connectivity index (χ1v) is 4.33. The monoisotopic (exact) mass is 199 g/mol. The number of thiophene rings is 1. The van der Waals surface area contributed by atoms with Gasteiger partial charge in [0.2, 0.25) is 0 Å². The van der Waals surface area contributed by atoms with E-state index in [4.69, 9.17) is 5.73 Å². The fourth-order valence-corrected chi connectivity index (χ4v) is 2.13. The number of hydrogen-bond donors (Lipinski definition) is 1. The van der Waals surface area contributed by atoms with Crippen molar-refractivity contribution >= 4 is 38.8 Å². The molecular weight excluding hydrogens is 190 g/mol. The van der Waals surface area contributed by atoms with Gasteiger partial charge in [-0.1, -0.05) is 12.1 Å². The van der Waals surface area contributed by atoms with Crippen molar-refractivity contribution in [2.45, 2.75) is 6.92 Å². The van der Waals surface area contributed by atoms with Gasteiger partial charge in [0.1, 0.15) is 0 Å². The quantitative estimate of drug-likeness (QED) is 0.693. The molecule has 2 N–H and O–H groups in total. The first-order valence-electron chi connectivity index (χ1n) is 3.52. The Hall–Kier alpha value is -0.730. The van der Waals surface area contributed by atoms with Crippen LogP contribution in [0.4, 0.5) is 5.00 Å². The van der Waals surface area contributed by atoms with Crippen molar-refractivity contribution in [3.8, 4) is 0 Å². The predicted octanol–water partition coefficient (Wildman–Crippen LogP) is 3.21. The fraction of sp³-hybridized carbons (Fsp3) is 0.111. The van der Waals surface area contributed by atoms with Crippen LogP contribution in [0.15, 0.2) is 24.3 Å². The van der Waals surface area contributed by atoms with Gasteiger partial charge in [0.15, 0.2) is 0 Å². The smallest absolute Gasteiger partial charge is 0.0868 e. The van der Waals surface area contributed by atoms with Gasteiger partial charge >= 0.3 is 0 Å². The maximum absolute atomic E-state index is 5.68. The number of aryl methyl sites for hydroxylation is 1. The Balaban J connectivity index is 0.000000720. The molecule has 1 nitrogen and oxygen atoms in total. The summed E-state index contributed by atoms with van der Waals surface area (Å²) in [6.45, 7) is 2.11. The molecule has 1 aromatic carbocycles. The maximum atomic E-state index is 5.68. The van der Waals surface area contributed by atoms with E-state index in [0.717, 1.165) is 5.00 Å². The number of fused-ring (bicyclic) bond motifs is 1. The van der Waals surface area contributed by atoms with Gasteiger partial charge in [-0.2, -0.15) is 0 Å². The lowest BCUT2D eigenvalue weighted by Crippen LogP contribution is -1.73. The van der Waals surface area contributed by atoms with E-state index in [9.17, 15) is 0 Å². The van der Waals surface area contributed by atoms with Gasteiger partial charge in [-0.25, -0.2) is 0 Å². The van der Waals surface area contributed by atoms with Crippen molar-refractivity contribution in [3.05, 3.63) is 29.8 Å². The minimum Gasteiger partial charge on any atom is -0.391 e. The van der Waals surface area contributed by atoms with Crippen molar-refractivity contribution in [1.29, 1.82) is 0 Å². The molecule has 0 unspecified atom stereocenters. The Labute approximate surface area is 81.6 Å². The van der Waals surface area contributed by atoms with Crippen molar-refractivity contribution in [2.75, 3.05) is 5.73 Å². The number of nitrogen functional groups attached to an aromatic ring is 1. The Morgan fingerprint density at radius 2 is 2.08 bits per heavy atom. The van der Waals surface area contributed by atoms with Crippen LogP contribution < -0.4 is 5.73 Å². The third kappa shape index (κ3) is 1.40. The molecule has 12 heavy (non-hydrogen) atoms. The van der Waals surface area contributed by atoms with Crippen LogP contribution in [-0.2, 0) is 0 Å². The number of rotatable bonds is 0. The van der Waals surface area contributed by atoms with E-state index in [1.807, 2.05) is 6.07 Å². The Bertz CT molecular complexity index is 394. The zero-order chi connectivity index (χ0) is 7.84. The second-order valence-corrected chi connectivity index (χ2v) is 3.75. The molecule has 0 fully saturated rings. The van der Waals surface area contributed by atoms with Crippen LogP contribution in [0.2, 0.25) is 0 Å². The van der Waals surface area contributed by atoms with Gasteiger partial charge in [0, 0.05) is 4.70 Å². The van der Waals surface area contributed by atoms with Crippen LogP contribution in [0.25, 0.3) is 10.1 Å². The van der Waals surface area contributed by atoms with E-state index in [1.165, 1.54) is 15.6 Å². The number of benzene rings is 1. The van der Waals surface area contributed by atoms with E-state index in [1.54, 1.807) is 11.3 Å². The number of anilines is 1. The van der Waals surface area contributed by atoms with Crippen LogP contribution in [0.1, 0.15) is 5.56 Å². The summed E-state index contributed by atoms with van der Waals surface area (Å²) in [6, 6.07) is 8.31. The van der Waals surface area contributed by atoms with Crippen molar-refractivity contribution in [2.24, 2.45) is 0 Å². The van der Waals surface area contributed by atoms with Crippen LogP contribution >= 0.6 is 23.7 Å². The SMILES string of the molecule is Cc1cccc2sc(N)cc12.Cl. The number of nitrogens with two attached hydrogens (primary N) is 1. The van der Waals surface area contributed by atoms with Gasteiger partial charge in [-0.3, -0.25) is 0 Å². The second kappa shape index (κ2) is 3.33. The predicted molar refractivity (Wildman–Crippen MR) is 58.2 cm³/mol. The average molecular weight is 200 g/mol. The molecule has 0 aliphatic rings. The summed E-state index contributed by atoms with van der Waals surface area (Å²) >= 11 is 1.64. The van der Waals surface area contributed by atoms with E-state index < -0.39 is 0 Å². The molecule has 0 radical (unpaired) electrons. The van der Waals surface area contributed by atoms with Crippen LogP contribution in [0.3, 0.4) is 0 Å². The van der Waals surface area contributed by atoms with Crippen molar-refractivity contribution in [3.63, 3.8) is 0 Å². The maximum Gasteiger partial charge on any atom is 0.0868 e. The number of halogens is 1. The summed E-state index contributed by atoms with van der Waals surface area (Å²) in [5.74, 6) is 0. The van der Waals surface area contributed by atoms with E-state index in [2.05, 4.69) is 25.1 Å². The normalized spacial score (nSPS) is 9.75. The Kier molecular flexibility index (Phi) is 2.60. The highest BCUT2D eigenvalue weighted by Gasteiger charge is 1.99. The molecular formula is C9H10ClNS. The van der Waals surface area contributed by atoms with Gasteiger partial charge in [0.25, 0.3) is 0 Å². The van der Waals surface area contributed by atoms with Gasteiger partial charge in [-0.15, -0.1) is 23.7 Å². The lowest BCUT2D eigenvalue weighted by molar-refractivity contribution is 1.55. The summed E-state index contributed by atoms with van der Waals surface area (Å²) in [4.78, 5) is 0. The summed E-state index contributed by atoms with van der Waals surface area (Å²) in [5, 5.41) is 2.18. The summed E-state index contributed by atoms with van der Waals surface area (Å²) in [7, 11) is 0. The van der Waals surface area contributed by atoms with E-state index in [0.29, 0.717) is 0 Å². The number of hydrogen-bond acceptors (Lipinski definition) is 2. The average Bonchev–Trinajstić information content (AvgIpc) is 2.31. The molecule has 1 aromatic heterocycles. The van der Waals surface area contributed by atoms with Crippen LogP contribution in [0.5, 0.6) is 0 Å². The topological polar surface area (TPSA) is 26.0 Å². The third-order valence-corrected chi connectivity index (χ3v) is 2.73. The molecule has 2 rings (SSSR count). The van der Waals surface area contributed by atoms with Gasteiger partial charge in [0.05, 0.1) is 5.00 Å². The zero-order valence-corrected chi connectivity index (χ0v) is 8.34. The molecule has 0 atom stereocenters. The molecule has 0 saturated heterocycles. The molecule has 0 amide bonds. The highest BCUT2D eigenvalue weighted by molar-refractivity contribution is 7.22. The summed E-state index contributed by atoms with van der Waals surface area (Å²) in [6.07, 6.45) is 0. The van der Waals surface area contributed by atoms with Crippen LogP contribution in [-0.4, -0.2) is 0 Å². The zero-order valence-electron chi connectivity index (χ0n) is 6.70. The molecule has 0 spiro atoms. The van der Waals surface area contributed by atoms with Gasteiger partial charge in [-0.05, 0) is 30.0 Å². The summed E-state index contributed by atoms with van der Waals surface area (Å²) < 4.78 is 1.28. The minimum atomic E-state index is 0. The van der Waals surface area contributed by atoms with E-state index >= 15 is 0 Å². The molecule has 64 valence electrons. The summed E-state index contributed by atoms with van der Waals surface area (Å²) in [5.41, 5.74) is 6.98. The third-order valence-electron chi connectivity index (χ3n) is 1.80.